The van der Waals surface area contributed by atoms with Gasteiger partial charge in [0.2, 0.25) is 0 Å². The molecular weight excluding hydrogens is 210 g/mol. The summed E-state index contributed by atoms with van der Waals surface area (Å²) in [5, 5.41) is 0. The van der Waals surface area contributed by atoms with Gasteiger partial charge in [0.1, 0.15) is 0 Å². The Morgan fingerprint density at radius 3 is 2.06 bits per heavy atom. The van der Waals surface area contributed by atoms with Gasteiger partial charge < -0.3 is 4.74 Å². The molecule has 1 rings (SSSR count). The van der Waals surface area contributed by atoms with Gasteiger partial charge in [0.05, 0.1) is 5.60 Å². The average molecular weight is 241 g/mol. The normalized spacial score (nSPS) is 19.6. The van der Waals surface area contributed by atoms with Crippen molar-refractivity contribution < 1.29 is 4.74 Å². The Labute approximate surface area is 108 Å². The fourth-order valence-electron chi connectivity index (χ4n) is 2.84. The SMILES string of the molecule is CCCCC(CCCC)CN1CC(C)(OC)C1. The molecule has 1 fully saturated rings. The molecule has 2 heteroatoms. The highest BCUT2D eigenvalue weighted by atomic mass is 16.5. The van der Waals surface area contributed by atoms with E-state index in [9.17, 15) is 0 Å². The average Bonchev–Trinajstić information content (AvgIpc) is 2.30. The van der Waals surface area contributed by atoms with Crippen molar-refractivity contribution >= 4 is 0 Å². The number of likely N-dealkylation sites (tertiary alicyclic amines) is 1. The van der Waals surface area contributed by atoms with Gasteiger partial charge in [-0.3, -0.25) is 4.90 Å². The zero-order chi connectivity index (χ0) is 12.7. The van der Waals surface area contributed by atoms with Crippen molar-refractivity contribution in [3.05, 3.63) is 0 Å². The Hall–Kier alpha value is -0.0800. The van der Waals surface area contributed by atoms with Crippen LogP contribution in [0.5, 0.6) is 0 Å². The lowest BCUT2D eigenvalue weighted by atomic mass is 9.90. The molecule has 1 heterocycles. The summed E-state index contributed by atoms with van der Waals surface area (Å²) in [5.74, 6) is 0.913. The quantitative estimate of drug-likeness (QED) is 0.610. The molecule has 17 heavy (non-hydrogen) atoms. The minimum Gasteiger partial charge on any atom is -0.376 e. The van der Waals surface area contributed by atoms with Gasteiger partial charge in [-0.15, -0.1) is 0 Å². The van der Waals surface area contributed by atoms with Crippen molar-refractivity contribution in [3.63, 3.8) is 0 Å². The molecule has 0 saturated carbocycles. The Balaban J connectivity index is 2.24. The maximum atomic E-state index is 5.51. The molecule has 0 aromatic heterocycles. The number of ether oxygens (including phenoxy) is 1. The fourth-order valence-corrected chi connectivity index (χ4v) is 2.84. The van der Waals surface area contributed by atoms with E-state index in [2.05, 4.69) is 25.7 Å². The second-order valence-corrected chi connectivity index (χ2v) is 5.97. The highest BCUT2D eigenvalue weighted by molar-refractivity contribution is 4.93. The molecular formula is C15H31NO. The second kappa shape index (κ2) is 7.38. The first-order valence-electron chi connectivity index (χ1n) is 7.41. The lowest BCUT2D eigenvalue weighted by molar-refractivity contribution is -0.115. The summed E-state index contributed by atoms with van der Waals surface area (Å²) in [6, 6.07) is 0. The minimum absolute atomic E-state index is 0.139. The van der Waals surface area contributed by atoms with Gasteiger partial charge in [0.25, 0.3) is 0 Å². The zero-order valence-corrected chi connectivity index (χ0v) is 12.3. The van der Waals surface area contributed by atoms with E-state index < -0.39 is 0 Å². The molecule has 0 amide bonds. The molecule has 0 aliphatic carbocycles. The first-order chi connectivity index (χ1) is 8.13. The van der Waals surface area contributed by atoms with Gasteiger partial charge in [-0.1, -0.05) is 39.5 Å². The van der Waals surface area contributed by atoms with Crippen LogP contribution in [0.15, 0.2) is 0 Å². The minimum atomic E-state index is 0.139. The number of unbranched alkanes of at least 4 members (excludes halogenated alkanes) is 2. The molecule has 0 spiro atoms. The van der Waals surface area contributed by atoms with Crippen LogP contribution < -0.4 is 0 Å². The number of rotatable bonds is 9. The summed E-state index contributed by atoms with van der Waals surface area (Å²) in [5.41, 5.74) is 0.139. The van der Waals surface area contributed by atoms with Crippen LogP contribution in [0.2, 0.25) is 0 Å². The van der Waals surface area contributed by atoms with E-state index >= 15 is 0 Å². The molecule has 0 N–H and O–H groups in total. The van der Waals surface area contributed by atoms with Crippen molar-refractivity contribution in [2.75, 3.05) is 26.7 Å². The Kier molecular flexibility index (Phi) is 6.50. The molecule has 0 aromatic carbocycles. The first-order valence-corrected chi connectivity index (χ1v) is 7.41. The topological polar surface area (TPSA) is 12.5 Å². The summed E-state index contributed by atoms with van der Waals surface area (Å²) in [6.07, 6.45) is 8.28. The van der Waals surface area contributed by atoms with Crippen LogP contribution in [0.3, 0.4) is 0 Å². The third kappa shape index (κ3) is 4.97. The fraction of sp³-hybridized carbons (Fsp3) is 1.00. The van der Waals surface area contributed by atoms with Gasteiger partial charge in [0.15, 0.2) is 0 Å². The Bertz CT molecular complexity index is 191. The largest absolute Gasteiger partial charge is 0.376 e. The van der Waals surface area contributed by atoms with Gasteiger partial charge in [0, 0.05) is 26.7 Å². The van der Waals surface area contributed by atoms with E-state index in [1.807, 2.05) is 7.11 Å². The van der Waals surface area contributed by atoms with Gasteiger partial charge in [-0.2, -0.15) is 0 Å². The summed E-state index contributed by atoms with van der Waals surface area (Å²) >= 11 is 0. The predicted octanol–water partition coefficient (Wildman–Crippen LogP) is 3.70. The van der Waals surface area contributed by atoms with Crippen molar-refractivity contribution in [1.82, 2.24) is 4.90 Å². The third-order valence-corrected chi connectivity index (χ3v) is 4.06. The van der Waals surface area contributed by atoms with Crippen LogP contribution in [0.1, 0.15) is 59.3 Å². The third-order valence-electron chi connectivity index (χ3n) is 4.06. The van der Waals surface area contributed by atoms with E-state index in [1.54, 1.807) is 0 Å². The molecule has 1 saturated heterocycles. The first kappa shape index (κ1) is 15.0. The van der Waals surface area contributed by atoms with E-state index in [0.717, 1.165) is 19.0 Å². The van der Waals surface area contributed by atoms with Gasteiger partial charge in [-0.05, 0) is 25.7 Å². The smallest absolute Gasteiger partial charge is 0.0903 e. The van der Waals surface area contributed by atoms with Crippen molar-refractivity contribution in [2.45, 2.75) is 64.9 Å². The number of nitrogens with zero attached hydrogens (tertiary/aromatic N) is 1. The van der Waals surface area contributed by atoms with E-state index in [-0.39, 0.29) is 5.60 Å². The molecule has 0 unspecified atom stereocenters. The van der Waals surface area contributed by atoms with Crippen LogP contribution in [-0.4, -0.2) is 37.2 Å². The van der Waals surface area contributed by atoms with Crippen LogP contribution in [0.25, 0.3) is 0 Å². The Morgan fingerprint density at radius 2 is 1.65 bits per heavy atom. The number of hydrogen-bond acceptors (Lipinski definition) is 2. The molecule has 0 aromatic rings. The van der Waals surface area contributed by atoms with Crippen LogP contribution in [0, 0.1) is 5.92 Å². The molecule has 0 radical (unpaired) electrons. The summed E-state index contributed by atoms with van der Waals surface area (Å²) in [4.78, 5) is 2.57. The lowest BCUT2D eigenvalue weighted by Crippen LogP contribution is -2.61. The van der Waals surface area contributed by atoms with E-state index in [0.29, 0.717) is 0 Å². The monoisotopic (exact) mass is 241 g/mol. The van der Waals surface area contributed by atoms with Crippen LogP contribution >= 0.6 is 0 Å². The highest BCUT2D eigenvalue weighted by Gasteiger charge is 2.39. The maximum Gasteiger partial charge on any atom is 0.0903 e. The molecule has 1 aliphatic rings. The number of methoxy groups -OCH3 is 1. The standard InChI is InChI=1S/C15H31NO/c1-5-7-9-14(10-8-6-2)11-16-12-15(3,13-16)17-4/h14H,5-13H2,1-4H3. The van der Waals surface area contributed by atoms with Crippen molar-refractivity contribution in [1.29, 1.82) is 0 Å². The lowest BCUT2D eigenvalue weighted by Gasteiger charge is -2.48. The summed E-state index contributed by atoms with van der Waals surface area (Å²) in [7, 11) is 1.84. The molecule has 1 aliphatic heterocycles. The van der Waals surface area contributed by atoms with Crippen LogP contribution in [-0.2, 0) is 4.74 Å². The second-order valence-electron chi connectivity index (χ2n) is 5.97. The van der Waals surface area contributed by atoms with Crippen molar-refractivity contribution in [3.8, 4) is 0 Å². The zero-order valence-electron chi connectivity index (χ0n) is 12.3. The van der Waals surface area contributed by atoms with Gasteiger partial charge >= 0.3 is 0 Å². The van der Waals surface area contributed by atoms with Gasteiger partial charge in [-0.25, -0.2) is 0 Å². The molecule has 0 atom stereocenters. The molecule has 2 nitrogen and oxygen atoms in total. The van der Waals surface area contributed by atoms with Crippen LogP contribution in [0.4, 0.5) is 0 Å². The number of hydrogen-bond donors (Lipinski definition) is 0. The van der Waals surface area contributed by atoms with E-state index in [1.165, 1.54) is 45.1 Å². The van der Waals surface area contributed by atoms with Crippen molar-refractivity contribution in [2.24, 2.45) is 5.92 Å². The summed E-state index contributed by atoms with van der Waals surface area (Å²) < 4.78 is 5.51. The highest BCUT2D eigenvalue weighted by Crippen LogP contribution is 2.27. The van der Waals surface area contributed by atoms with E-state index in [4.69, 9.17) is 4.74 Å². The Morgan fingerprint density at radius 1 is 1.12 bits per heavy atom. The maximum absolute atomic E-state index is 5.51. The molecule has 102 valence electrons. The summed E-state index contributed by atoms with van der Waals surface area (Å²) in [6.45, 7) is 10.3. The predicted molar refractivity (Wildman–Crippen MR) is 74.4 cm³/mol. The molecule has 0 bridgehead atoms.